The molecule has 2 aromatic carbocycles. The van der Waals surface area contributed by atoms with Crippen molar-refractivity contribution in [3.05, 3.63) is 62.6 Å². The summed E-state index contributed by atoms with van der Waals surface area (Å²) in [7, 11) is 1.41. The summed E-state index contributed by atoms with van der Waals surface area (Å²) in [4.78, 5) is 10.5. The van der Waals surface area contributed by atoms with E-state index in [1.54, 1.807) is 12.1 Å². The van der Waals surface area contributed by atoms with Crippen LogP contribution < -0.4 is 10.1 Å². The Morgan fingerprint density at radius 2 is 1.95 bits per heavy atom. The third kappa shape index (κ3) is 3.48. The van der Waals surface area contributed by atoms with Gasteiger partial charge in [-0.15, -0.1) is 0 Å². The van der Waals surface area contributed by atoms with E-state index >= 15 is 0 Å². The van der Waals surface area contributed by atoms with Crippen LogP contribution in [0.3, 0.4) is 0 Å². The largest absolute Gasteiger partial charge is 0.490 e. The Labute approximate surface area is 124 Å². The standard InChI is InChI=1S/C14H13BrN2O3/c1-20-14-7-6-12(8-13(14)17(18)19)16-9-10-2-4-11(15)5-3-10/h2-8,16H,9H2,1H3. The molecule has 0 aromatic heterocycles. The molecule has 0 aliphatic carbocycles. The number of nitrogens with one attached hydrogen (secondary N) is 1. The average molecular weight is 337 g/mol. The minimum absolute atomic E-state index is 0.0479. The summed E-state index contributed by atoms with van der Waals surface area (Å²) in [5.74, 6) is 0.254. The summed E-state index contributed by atoms with van der Waals surface area (Å²) in [5, 5.41) is 14.1. The lowest BCUT2D eigenvalue weighted by Crippen LogP contribution is -2.01. The molecular weight excluding hydrogens is 324 g/mol. The fraction of sp³-hybridized carbons (Fsp3) is 0.143. The quantitative estimate of drug-likeness (QED) is 0.662. The molecule has 20 heavy (non-hydrogen) atoms. The SMILES string of the molecule is COc1ccc(NCc2ccc(Br)cc2)cc1[N+](=O)[O-]. The van der Waals surface area contributed by atoms with Crippen molar-refractivity contribution in [3.8, 4) is 5.75 Å². The Balaban J connectivity index is 2.11. The second-order valence-corrected chi connectivity index (χ2v) is 5.04. The zero-order chi connectivity index (χ0) is 14.5. The van der Waals surface area contributed by atoms with E-state index in [-0.39, 0.29) is 11.4 Å². The maximum absolute atomic E-state index is 10.9. The van der Waals surface area contributed by atoms with Gasteiger partial charge in [-0.2, -0.15) is 0 Å². The van der Waals surface area contributed by atoms with Gasteiger partial charge in [0.2, 0.25) is 0 Å². The van der Waals surface area contributed by atoms with Gasteiger partial charge in [0, 0.05) is 22.8 Å². The van der Waals surface area contributed by atoms with E-state index in [1.165, 1.54) is 13.2 Å². The zero-order valence-electron chi connectivity index (χ0n) is 10.8. The molecule has 0 heterocycles. The van der Waals surface area contributed by atoms with E-state index in [0.717, 1.165) is 10.0 Å². The van der Waals surface area contributed by atoms with Crippen LogP contribution in [0.4, 0.5) is 11.4 Å². The predicted octanol–water partition coefficient (Wildman–Crippen LogP) is 3.98. The van der Waals surface area contributed by atoms with Gasteiger partial charge < -0.3 is 10.1 Å². The van der Waals surface area contributed by atoms with Crippen molar-refractivity contribution in [3.63, 3.8) is 0 Å². The molecule has 0 saturated carbocycles. The number of methoxy groups -OCH3 is 1. The minimum atomic E-state index is -0.455. The second-order valence-electron chi connectivity index (χ2n) is 4.12. The minimum Gasteiger partial charge on any atom is -0.490 e. The first-order valence-electron chi connectivity index (χ1n) is 5.91. The van der Waals surface area contributed by atoms with Crippen molar-refractivity contribution in [1.82, 2.24) is 0 Å². The van der Waals surface area contributed by atoms with Crippen LogP contribution in [0.15, 0.2) is 46.9 Å². The third-order valence-corrected chi connectivity index (χ3v) is 3.31. The number of benzene rings is 2. The zero-order valence-corrected chi connectivity index (χ0v) is 12.4. The number of anilines is 1. The molecule has 5 nitrogen and oxygen atoms in total. The fourth-order valence-electron chi connectivity index (χ4n) is 1.75. The molecule has 0 amide bonds. The lowest BCUT2D eigenvalue weighted by molar-refractivity contribution is -0.385. The highest BCUT2D eigenvalue weighted by Crippen LogP contribution is 2.29. The second kappa shape index (κ2) is 6.38. The smallest absolute Gasteiger partial charge is 0.312 e. The monoisotopic (exact) mass is 336 g/mol. The first-order chi connectivity index (χ1) is 9.60. The molecule has 2 rings (SSSR count). The van der Waals surface area contributed by atoms with E-state index in [4.69, 9.17) is 4.74 Å². The normalized spacial score (nSPS) is 10.1. The summed E-state index contributed by atoms with van der Waals surface area (Å²) >= 11 is 3.37. The number of nitro groups is 1. The summed E-state index contributed by atoms with van der Waals surface area (Å²) in [5.41, 5.74) is 1.72. The highest BCUT2D eigenvalue weighted by atomic mass is 79.9. The highest BCUT2D eigenvalue weighted by Gasteiger charge is 2.14. The fourth-order valence-corrected chi connectivity index (χ4v) is 2.01. The molecule has 0 aliphatic heterocycles. The number of hydrogen-bond donors (Lipinski definition) is 1. The van der Waals surface area contributed by atoms with Crippen LogP contribution in [0.1, 0.15) is 5.56 Å². The van der Waals surface area contributed by atoms with Gasteiger partial charge in [-0.25, -0.2) is 0 Å². The van der Waals surface area contributed by atoms with Gasteiger partial charge in [0.25, 0.3) is 0 Å². The Morgan fingerprint density at radius 3 is 2.55 bits per heavy atom. The summed E-state index contributed by atoms with van der Waals surface area (Å²) in [6.45, 7) is 0.594. The number of rotatable bonds is 5. The number of hydrogen-bond acceptors (Lipinski definition) is 4. The lowest BCUT2D eigenvalue weighted by atomic mass is 10.2. The van der Waals surface area contributed by atoms with E-state index in [0.29, 0.717) is 12.2 Å². The van der Waals surface area contributed by atoms with E-state index in [1.807, 2.05) is 24.3 Å². The number of nitrogens with zero attached hydrogens (tertiary/aromatic N) is 1. The van der Waals surface area contributed by atoms with Crippen LogP contribution in [-0.2, 0) is 6.54 Å². The number of halogens is 1. The van der Waals surface area contributed by atoms with Crippen LogP contribution >= 0.6 is 15.9 Å². The van der Waals surface area contributed by atoms with Gasteiger partial charge in [0.05, 0.1) is 12.0 Å². The van der Waals surface area contributed by atoms with Crippen LogP contribution in [0, 0.1) is 10.1 Å². The number of ether oxygens (including phenoxy) is 1. The molecule has 0 atom stereocenters. The van der Waals surface area contributed by atoms with Gasteiger partial charge in [-0.05, 0) is 29.8 Å². The van der Waals surface area contributed by atoms with Crippen molar-refractivity contribution in [2.75, 3.05) is 12.4 Å². The molecule has 104 valence electrons. The van der Waals surface area contributed by atoms with Crippen LogP contribution in [0.5, 0.6) is 5.75 Å². The van der Waals surface area contributed by atoms with E-state index < -0.39 is 4.92 Å². The van der Waals surface area contributed by atoms with Gasteiger partial charge >= 0.3 is 5.69 Å². The van der Waals surface area contributed by atoms with Crippen molar-refractivity contribution in [2.45, 2.75) is 6.54 Å². The maximum Gasteiger partial charge on any atom is 0.312 e. The molecule has 2 aromatic rings. The van der Waals surface area contributed by atoms with Crippen molar-refractivity contribution < 1.29 is 9.66 Å². The first kappa shape index (κ1) is 14.3. The van der Waals surface area contributed by atoms with Crippen molar-refractivity contribution in [1.29, 1.82) is 0 Å². The molecule has 0 saturated heterocycles. The molecule has 1 N–H and O–H groups in total. The Bertz CT molecular complexity index is 614. The van der Waals surface area contributed by atoms with Gasteiger partial charge in [-0.3, -0.25) is 10.1 Å². The molecule has 0 unspecified atom stereocenters. The van der Waals surface area contributed by atoms with Crippen molar-refractivity contribution >= 4 is 27.3 Å². The molecule has 0 spiro atoms. The molecule has 0 bridgehead atoms. The summed E-state index contributed by atoms with van der Waals surface area (Å²) in [6.07, 6.45) is 0. The summed E-state index contributed by atoms with van der Waals surface area (Å²) in [6, 6.07) is 12.7. The first-order valence-corrected chi connectivity index (χ1v) is 6.70. The van der Waals surface area contributed by atoms with Crippen LogP contribution in [0.2, 0.25) is 0 Å². The molecule has 0 fully saturated rings. The summed E-state index contributed by atoms with van der Waals surface area (Å²) < 4.78 is 5.98. The highest BCUT2D eigenvalue weighted by molar-refractivity contribution is 9.10. The predicted molar refractivity (Wildman–Crippen MR) is 81.1 cm³/mol. The maximum atomic E-state index is 10.9. The number of nitro benzene ring substituents is 1. The lowest BCUT2D eigenvalue weighted by Gasteiger charge is -2.08. The third-order valence-electron chi connectivity index (χ3n) is 2.79. The average Bonchev–Trinajstić information content (AvgIpc) is 2.46. The van der Waals surface area contributed by atoms with Gasteiger partial charge in [-0.1, -0.05) is 28.1 Å². The van der Waals surface area contributed by atoms with E-state index in [2.05, 4.69) is 21.2 Å². The molecule has 0 radical (unpaired) electrons. The van der Waals surface area contributed by atoms with Crippen molar-refractivity contribution in [2.24, 2.45) is 0 Å². The van der Waals surface area contributed by atoms with Gasteiger partial charge in [0.1, 0.15) is 0 Å². The van der Waals surface area contributed by atoms with Gasteiger partial charge in [0.15, 0.2) is 5.75 Å². The van der Waals surface area contributed by atoms with Crippen LogP contribution in [-0.4, -0.2) is 12.0 Å². The molecular formula is C14H13BrN2O3. The Kier molecular flexibility index (Phi) is 4.57. The topological polar surface area (TPSA) is 64.4 Å². The molecule has 0 aliphatic rings. The molecule has 6 heteroatoms. The van der Waals surface area contributed by atoms with Crippen LogP contribution in [0.25, 0.3) is 0 Å². The van der Waals surface area contributed by atoms with E-state index in [9.17, 15) is 10.1 Å². The Hall–Kier alpha value is -2.08. The Morgan fingerprint density at radius 1 is 1.25 bits per heavy atom.